The molecule has 0 spiro atoms. The fourth-order valence-corrected chi connectivity index (χ4v) is 13.7. The second-order valence-electron chi connectivity index (χ2n) is 29.3. The average molecular weight is 1570 g/mol. The van der Waals surface area contributed by atoms with Crippen LogP contribution in [-0.4, -0.2) is 95.9 Å². The molecule has 18 heteroatoms. The normalized spacial score (nSPS) is 14.4. The number of hydrogen-bond acceptors (Lipinski definition) is 14. The number of hydrogen-bond donors (Lipinski definition) is 4. The zero-order chi connectivity index (χ0) is 79.4. The Morgan fingerprint density at radius 2 is 0.486 bits per heavy atom. The van der Waals surface area contributed by atoms with Crippen LogP contribution < -0.4 is 0 Å². The molecule has 0 rings (SSSR count). The van der Waals surface area contributed by atoms with Gasteiger partial charge < -0.3 is 34.2 Å². The van der Waals surface area contributed by atoms with Crippen LogP contribution in [0.1, 0.15) is 380 Å². The number of carbonyl (C=O) groups excluding carboxylic acids is 3. The van der Waals surface area contributed by atoms with Gasteiger partial charge in [0.2, 0.25) is 0 Å². The van der Waals surface area contributed by atoms with Crippen LogP contribution in [0.15, 0.2) is 122 Å². The maximum absolute atomic E-state index is 12.9. The lowest BCUT2D eigenvalue weighted by atomic mass is 10.0. The Kier molecular flexibility index (Phi) is 80.3. The van der Waals surface area contributed by atoms with Gasteiger partial charge in [-0.3, -0.25) is 32.5 Å². The summed E-state index contributed by atoms with van der Waals surface area (Å²) in [6, 6.07) is 0. The van der Waals surface area contributed by atoms with Crippen molar-refractivity contribution in [1.82, 2.24) is 0 Å². The molecule has 0 bridgehead atoms. The van der Waals surface area contributed by atoms with Crippen molar-refractivity contribution in [2.45, 2.75) is 399 Å². The van der Waals surface area contributed by atoms with Crippen molar-refractivity contribution in [1.29, 1.82) is 0 Å². The SMILES string of the molecule is CC/C=C\C/C=C\C/C=C\C/C=C\C/C=C\CCCCCCCCCCCCCCCCCCCCCC(=O)OCC(O)COP(=O)(O)OCC(O)COP(=O)(O)OCC(COC(=O)CCCCCCCCCCCCC/C=C\C/C=C\C/C=C\C/C=C\C/C=C\CC)OC(=O)CCCCCCCCCCCCC. The van der Waals surface area contributed by atoms with Gasteiger partial charge >= 0.3 is 33.6 Å². The molecular formula is C91H160O16P2. The maximum Gasteiger partial charge on any atom is 0.472 e. The van der Waals surface area contributed by atoms with E-state index >= 15 is 0 Å². The molecule has 109 heavy (non-hydrogen) atoms. The third-order valence-electron chi connectivity index (χ3n) is 18.7. The first kappa shape index (κ1) is 105. The fraction of sp³-hybridized carbons (Fsp3) is 0.747. The Bertz CT molecular complexity index is 2460. The van der Waals surface area contributed by atoms with E-state index in [9.17, 15) is 43.5 Å². The van der Waals surface area contributed by atoms with Crippen LogP contribution >= 0.6 is 15.6 Å². The first-order valence-electron chi connectivity index (χ1n) is 43.8. The first-order valence-corrected chi connectivity index (χ1v) is 46.8. The lowest BCUT2D eigenvalue weighted by Gasteiger charge is -2.21. The Morgan fingerprint density at radius 3 is 0.771 bits per heavy atom. The summed E-state index contributed by atoms with van der Waals surface area (Å²) in [5.74, 6) is -1.56. The highest BCUT2D eigenvalue weighted by atomic mass is 31.2. The zero-order valence-corrected chi connectivity index (χ0v) is 71.0. The molecule has 5 atom stereocenters. The van der Waals surface area contributed by atoms with Gasteiger partial charge in [-0.15, -0.1) is 0 Å². The van der Waals surface area contributed by atoms with E-state index in [1.54, 1.807) is 0 Å². The summed E-state index contributed by atoms with van der Waals surface area (Å²) in [7, 11) is -9.78. The number of esters is 3. The van der Waals surface area contributed by atoms with Gasteiger partial charge in [-0.05, 0) is 109 Å². The fourth-order valence-electron chi connectivity index (χ4n) is 12.1. The molecule has 0 aliphatic rings. The van der Waals surface area contributed by atoms with Gasteiger partial charge in [-0.25, -0.2) is 9.13 Å². The molecule has 0 saturated carbocycles. The van der Waals surface area contributed by atoms with Crippen LogP contribution in [0.25, 0.3) is 0 Å². The highest BCUT2D eigenvalue weighted by molar-refractivity contribution is 7.47. The predicted molar refractivity (Wildman–Crippen MR) is 454 cm³/mol. The molecule has 630 valence electrons. The Hall–Kier alpha value is -4.05. The number of aliphatic hydroxyl groups excluding tert-OH is 2. The van der Waals surface area contributed by atoms with Gasteiger partial charge in [-0.1, -0.05) is 373 Å². The number of unbranched alkanes of at least 4 members (excludes halogenated alkanes) is 40. The smallest absolute Gasteiger partial charge is 0.463 e. The van der Waals surface area contributed by atoms with Crippen LogP contribution in [0, 0.1) is 0 Å². The van der Waals surface area contributed by atoms with E-state index in [0.29, 0.717) is 19.3 Å². The third kappa shape index (κ3) is 84.7. The summed E-state index contributed by atoms with van der Waals surface area (Å²) in [6.45, 7) is 2.49. The van der Waals surface area contributed by atoms with Gasteiger partial charge in [0.1, 0.15) is 25.4 Å². The van der Waals surface area contributed by atoms with Gasteiger partial charge in [-0.2, -0.15) is 0 Å². The van der Waals surface area contributed by atoms with Crippen molar-refractivity contribution in [3.05, 3.63) is 122 Å². The Morgan fingerprint density at radius 1 is 0.266 bits per heavy atom. The highest BCUT2D eigenvalue weighted by Crippen LogP contribution is 2.45. The van der Waals surface area contributed by atoms with Crippen molar-refractivity contribution in [3.8, 4) is 0 Å². The number of allylic oxidation sites excluding steroid dienone is 20. The third-order valence-corrected chi connectivity index (χ3v) is 20.6. The van der Waals surface area contributed by atoms with Gasteiger partial charge in [0.25, 0.3) is 0 Å². The van der Waals surface area contributed by atoms with Crippen LogP contribution in [0.4, 0.5) is 0 Å². The number of rotatable bonds is 83. The molecule has 4 N–H and O–H groups in total. The van der Waals surface area contributed by atoms with Crippen LogP contribution in [0.2, 0.25) is 0 Å². The molecule has 0 radical (unpaired) electrons. The minimum atomic E-state index is -4.93. The monoisotopic (exact) mass is 1570 g/mol. The van der Waals surface area contributed by atoms with Crippen molar-refractivity contribution in [3.63, 3.8) is 0 Å². The van der Waals surface area contributed by atoms with Crippen LogP contribution in [0.5, 0.6) is 0 Å². The molecule has 0 aliphatic heterocycles. The molecule has 0 aromatic carbocycles. The lowest BCUT2D eigenvalue weighted by Crippen LogP contribution is -2.30. The predicted octanol–water partition coefficient (Wildman–Crippen LogP) is 26.4. The molecular weight excluding hydrogens is 1410 g/mol. The summed E-state index contributed by atoms with van der Waals surface area (Å²) in [4.78, 5) is 58.7. The molecule has 0 heterocycles. The van der Waals surface area contributed by atoms with Crippen LogP contribution in [0.3, 0.4) is 0 Å². The van der Waals surface area contributed by atoms with Crippen molar-refractivity contribution < 1.29 is 75.8 Å². The van der Waals surface area contributed by atoms with E-state index in [-0.39, 0.29) is 19.3 Å². The number of ether oxygens (including phenoxy) is 3. The quantitative estimate of drug-likeness (QED) is 0.0146. The summed E-state index contributed by atoms with van der Waals surface area (Å²) < 4.78 is 61.2. The number of phosphoric ester groups is 2. The Labute approximate surface area is 665 Å². The van der Waals surface area contributed by atoms with Gasteiger partial charge in [0.15, 0.2) is 6.10 Å². The Balaban J connectivity index is 4.32. The second kappa shape index (κ2) is 83.4. The first-order chi connectivity index (χ1) is 53.2. The van der Waals surface area contributed by atoms with Gasteiger partial charge in [0, 0.05) is 19.3 Å². The maximum atomic E-state index is 12.9. The summed E-state index contributed by atoms with van der Waals surface area (Å²) in [5, 5.41) is 20.7. The van der Waals surface area contributed by atoms with E-state index in [0.717, 1.165) is 141 Å². The molecule has 0 saturated heterocycles. The molecule has 0 fully saturated rings. The van der Waals surface area contributed by atoms with E-state index in [1.165, 1.54) is 180 Å². The standard InChI is InChI=1S/C91H160O16P2/c1-4-7-10-13-16-19-22-24-26-28-30-32-34-36-38-39-40-41-42-43-44-45-47-49-50-52-54-56-58-60-63-65-68-71-74-77-89(94)101-80-86(92)81-103-108(97,98)104-82-87(93)83-105-109(99,100)106-85-88(107-91(96)79-76-73-70-67-62-21-18-15-12-9-6-3)84-102-90(95)78-75-72-69-66-64-61-59-57-55-53-51-48-46-37-35-33-31-29-27-25-23-20-17-14-11-8-5-2/h7-8,10-11,16-17,19-20,24-27,30-33,36-38,46,86-88,92-93H,4-6,9,12-15,18,21-23,28-29,34-35,39-45,47-85H2,1-3H3,(H,97,98)(H,99,100)/b10-7-,11-8-,19-16-,20-17-,26-24-,27-25-,32-30-,33-31-,38-36-,46-37-. The minimum Gasteiger partial charge on any atom is -0.463 e. The molecule has 5 unspecified atom stereocenters. The highest BCUT2D eigenvalue weighted by Gasteiger charge is 2.29. The minimum absolute atomic E-state index is 0.107. The molecule has 0 amide bonds. The summed E-state index contributed by atoms with van der Waals surface area (Å²) in [6.07, 6.45) is 101. The van der Waals surface area contributed by atoms with E-state index in [1.807, 2.05) is 0 Å². The topological polar surface area (TPSA) is 231 Å². The molecule has 16 nitrogen and oxygen atoms in total. The molecule has 0 aliphatic carbocycles. The zero-order valence-electron chi connectivity index (χ0n) is 69.2. The van der Waals surface area contributed by atoms with Crippen molar-refractivity contribution in [2.24, 2.45) is 0 Å². The summed E-state index contributed by atoms with van der Waals surface area (Å²) in [5.41, 5.74) is 0. The second-order valence-corrected chi connectivity index (χ2v) is 32.2. The van der Waals surface area contributed by atoms with E-state index < -0.39 is 91.5 Å². The van der Waals surface area contributed by atoms with E-state index in [2.05, 4.69) is 142 Å². The number of carbonyl (C=O) groups is 3. The molecule has 0 aromatic heterocycles. The average Bonchev–Trinajstić information content (AvgIpc) is 0.903. The molecule has 0 aromatic rings. The van der Waals surface area contributed by atoms with Crippen molar-refractivity contribution in [2.75, 3.05) is 39.6 Å². The van der Waals surface area contributed by atoms with Crippen molar-refractivity contribution >= 4 is 33.6 Å². The van der Waals surface area contributed by atoms with E-state index in [4.69, 9.17) is 32.3 Å². The summed E-state index contributed by atoms with van der Waals surface area (Å²) >= 11 is 0. The largest absolute Gasteiger partial charge is 0.472 e. The number of aliphatic hydroxyl groups is 2. The van der Waals surface area contributed by atoms with Crippen LogP contribution in [-0.2, 0) is 55.8 Å². The number of phosphoric acid groups is 2. The lowest BCUT2D eigenvalue weighted by molar-refractivity contribution is -0.161. The van der Waals surface area contributed by atoms with Gasteiger partial charge in [0.05, 0.1) is 26.4 Å².